The number of amides is 1. The first-order valence-corrected chi connectivity index (χ1v) is 8.97. The van der Waals surface area contributed by atoms with Gasteiger partial charge < -0.3 is 11.2 Å². The molecule has 2 aromatic carbocycles. The topological polar surface area (TPSA) is 85.8 Å². The summed E-state index contributed by atoms with van der Waals surface area (Å²) in [6, 6.07) is 11.7. The number of benzene rings is 2. The van der Waals surface area contributed by atoms with Crippen LogP contribution in [0.15, 0.2) is 47.6 Å². The van der Waals surface area contributed by atoms with Gasteiger partial charge >= 0.3 is 0 Å². The Labute approximate surface area is 158 Å². The standard InChI is InChI=1S/C17H15ClFN5OS/c1-10-13(19)7-4-8-14(10)21-15(25)9-26-17-23-22-16(24(17)20)11-5-2-3-6-12(11)18/h2-8H,9,20H2,1H3,(H,21,25). The molecule has 0 bridgehead atoms. The number of anilines is 1. The van der Waals surface area contributed by atoms with Gasteiger partial charge in [-0.05, 0) is 31.2 Å². The Morgan fingerprint density at radius 3 is 2.81 bits per heavy atom. The molecular weight excluding hydrogens is 377 g/mol. The van der Waals surface area contributed by atoms with Gasteiger partial charge in [-0.3, -0.25) is 4.79 Å². The van der Waals surface area contributed by atoms with Gasteiger partial charge in [-0.25, -0.2) is 9.07 Å². The summed E-state index contributed by atoms with van der Waals surface area (Å²) in [4.78, 5) is 12.1. The van der Waals surface area contributed by atoms with Crippen molar-refractivity contribution in [2.45, 2.75) is 12.1 Å². The average Bonchev–Trinajstić information content (AvgIpc) is 2.98. The van der Waals surface area contributed by atoms with E-state index in [2.05, 4.69) is 15.5 Å². The predicted octanol–water partition coefficient (Wildman–Crippen LogP) is 3.49. The van der Waals surface area contributed by atoms with Gasteiger partial charge in [0.2, 0.25) is 11.1 Å². The molecule has 0 aliphatic rings. The maximum Gasteiger partial charge on any atom is 0.234 e. The second kappa shape index (κ2) is 7.76. The normalized spacial score (nSPS) is 10.7. The van der Waals surface area contributed by atoms with Crippen molar-refractivity contribution >= 4 is 35.0 Å². The first-order valence-electron chi connectivity index (χ1n) is 7.60. The van der Waals surface area contributed by atoms with Crippen LogP contribution in [0.25, 0.3) is 11.4 Å². The molecule has 0 saturated carbocycles. The number of nitrogen functional groups attached to an aromatic ring is 1. The summed E-state index contributed by atoms with van der Waals surface area (Å²) in [5, 5.41) is 11.6. The summed E-state index contributed by atoms with van der Waals surface area (Å²) in [7, 11) is 0. The second-order valence-corrected chi connectivity index (χ2v) is 6.75. The minimum Gasteiger partial charge on any atom is -0.335 e. The molecular formula is C17H15ClFN5OS. The lowest BCUT2D eigenvalue weighted by Crippen LogP contribution is -2.17. The van der Waals surface area contributed by atoms with Crippen molar-refractivity contribution in [1.29, 1.82) is 0 Å². The maximum atomic E-state index is 13.5. The molecule has 0 spiro atoms. The Balaban J connectivity index is 1.68. The number of aromatic nitrogens is 3. The summed E-state index contributed by atoms with van der Waals surface area (Å²) < 4.78 is 14.8. The van der Waals surface area contributed by atoms with Gasteiger partial charge in [0.25, 0.3) is 0 Å². The van der Waals surface area contributed by atoms with Gasteiger partial charge in [0, 0.05) is 16.8 Å². The number of rotatable bonds is 5. The van der Waals surface area contributed by atoms with E-state index in [4.69, 9.17) is 17.4 Å². The molecule has 0 atom stereocenters. The number of thioether (sulfide) groups is 1. The second-order valence-electron chi connectivity index (χ2n) is 5.41. The number of nitrogens with two attached hydrogens (primary N) is 1. The van der Waals surface area contributed by atoms with E-state index >= 15 is 0 Å². The van der Waals surface area contributed by atoms with Crippen LogP contribution in [-0.4, -0.2) is 26.5 Å². The van der Waals surface area contributed by atoms with Crippen LogP contribution in [0, 0.1) is 12.7 Å². The number of nitrogens with zero attached hydrogens (tertiary/aromatic N) is 3. The highest BCUT2D eigenvalue weighted by Gasteiger charge is 2.16. The molecule has 0 unspecified atom stereocenters. The van der Waals surface area contributed by atoms with Crippen molar-refractivity contribution in [2.24, 2.45) is 0 Å². The molecule has 0 radical (unpaired) electrons. The van der Waals surface area contributed by atoms with E-state index in [0.29, 0.717) is 32.8 Å². The lowest BCUT2D eigenvalue weighted by atomic mass is 10.2. The third-order valence-electron chi connectivity index (χ3n) is 3.65. The summed E-state index contributed by atoms with van der Waals surface area (Å²) in [6.07, 6.45) is 0. The SMILES string of the molecule is Cc1c(F)cccc1NC(=O)CSc1nnc(-c2ccccc2Cl)n1N. The Kier molecular flexibility index (Phi) is 5.43. The first kappa shape index (κ1) is 18.2. The van der Waals surface area contributed by atoms with E-state index in [1.165, 1.54) is 16.8 Å². The molecule has 1 aromatic heterocycles. The van der Waals surface area contributed by atoms with Gasteiger partial charge in [-0.2, -0.15) is 0 Å². The number of hydrogen-bond acceptors (Lipinski definition) is 5. The monoisotopic (exact) mass is 391 g/mol. The van der Waals surface area contributed by atoms with Crippen molar-refractivity contribution in [3.8, 4) is 11.4 Å². The van der Waals surface area contributed by atoms with Crippen LogP contribution in [-0.2, 0) is 4.79 Å². The Morgan fingerprint density at radius 2 is 2.04 bits per heavy atom. The van der Waals surface area contributed by atoms with E-state index in [0.717, 1.165) is 11.8 Å². The smallest absolute Gasteiger partial charge is 0.234 e. The fraction of sp³-hybridized carbons (Fsp3) is 0.118. The molecule has 6 nitrogen and oxygen atoms in total. The molecule has 9 heteroatoms. The largest absolute Gasteiger partial charge is 0.335 e. The summed E-state index contributed by atoms with van der Waals surface area (Å²) in [5.41, 5.74) is 1.46. The minimum absolute atomic E-state index is 0.0494. The number of carbonyl (C=O) groups excluding carboxylic acids is 1. The van der Waals surface area contributed by atoms with Crippen LogP contribution in [0.1, 0.15) is 5.56 Å². The van der Waals surface area contributed by atoms with Crippen LogP contribution >= 0.6 is 23.4 Å². The maximum absolute atomic E-state index is 13.5. The van der Waals surface area contributed by atoms with Crippen LogP contribution in [0.2, 0.25) is 5.02 Å². The zero-order valence-corrected chi connectivity index (χ0v) is 15.3. The van der Waals surface area contributed by atoms with Crippen LogP contribution in [0.4, 0.5) is 10.1 Å². The summed E-state index contributed by atoms with van der Waals surface area (Å²) in [5.74, 6) is 5.80. The molecule has 134 valence electrons. The Hall–Kier alpha value is -2.58. The van der Waals surface area contributed by atoms with E-state index in [9.17, 15) is 9.18 Å². The Bertz CT molecular complexity index is 962. The third-order valence-corrected chi connectivity index (χ3v) is 4.93. The fourth-order valence-electron chi connectivity index (χ4n) is 2.26. The highest BCUT2D eigenvalue weighted by atomic mass is 35.5. The minimum atomic E-state index is -0.374. The van der Waals surface area contributed by atoms with Crippen molar-refractivity contribution in [3.63, 3.8) is 0 Å². The quantitative estimate of drug-likeness (QED) is 0.513. The fourth-order valence-corrected chi connectivity index (χ4v) is 3.14. The van der Waals surface area contributed by atoms with Crippen molar-refractivity contribution in [1.82, 2.24) is 14.9 Å². The zero-order valence-electron chi connectivity index (χ0n) is 13.7. The lowest BCUT2D eigenvalue weighted by molar-refractivity contribution is -0.113. The molecule has 1 heterocycles. The highest BCUT2D eigenvalue weighted by molar-refractivity contribution is 7.99. The number of carbonyl (C=O) groups is 1. The number of nitrogens with one attached hydrogen (secondary N) is 1. The van der Waals surface area contributed by atoms with E-state index in [1.54, 1.807) is 31.2 Å². The molecule has 1 amide bonds. The van der Waals surface area contributed by atoms with Gasteiger partial charge in [-0.15, -0.1) is 10.2 Å². The van der Waals surface area contributed by atoms with Gasteiger partial charge in [0.1, 0.15) is 5.82 Å². The predicted molar refractivity (Wildman–Crippen MR) is 101 cm³/mol. The first-order chi connectivity index (χ1) is 12.5. The molecule has 3 N–H and O–H groups in total. The zero-order chi connectivity index (χ0) is 18.7. The molecule has 3 aromatic rings. The van der Waals surface area contributed by atoms with Crippen molar-refractivity contribution in [3.05, 3.63) is 58.9 Å². The number of halogens is 2. The van der Waals surface area contributed by atoms with Gasteiger partial charge in [0.05, 0.1) is 10.8 Å². The van der Waals surface area contributed by atoms with Gasteiger partial charge in [0.15, 0.2) is 5.82 Å². The van der Waals surface area contributed by atoms with Crippen molar-refractivity contribution < 1.29 is 9.18 Å². The molecule has 0 fully saturated rings. The molecule has 0 saturated heterocycles. The highest BCUT2D eigenvalue weighted by Crippen LogP contribution is 2.27. The lowest BCUT2D eigenvalue weighted by Gasteiger charge is -2.08. The average molecular weight is 392 g/mol. The van der Waals surface area contributed by atoms with Crippen LogP contribution in [0.3, 0.4) is 0 Å². The van der Waals surface area contributed by atoms with Crippen LogP contribution < -0.4 is 11.2 Å². The summed E-state index contributed by atoms with van der Waals surface area (Å²) >= 11 is 7.27. The summed E-state index contributed by atoms with van der Waals surface area (Å²) in [6.45, 7) is 1.60. The molecule has 0 aliphatic carbocycles. The third kappa shape index (κ3) is 3.81. The molecule has 26 heavy (non-hydrogen) atoms. The van der Waals surface area contributed by atoms with Crippen LogP contribution in [0.5, 0.6) is 0 Å². The van der Waals surface area contributed by atoms with E-state index in [-0.39, 0.29) is 17.5 Å². The Morgan fingerprint density at radius 1 is 1.27 bits per heavy atom. The van der Waals surface area contributed by atoms with E-state index < -0.39 is 0 Å². The number of hydrogen-bond donors (Lipinski definition) is 2. The van der Waals surface area contributed by atoms with Crippen molar-refractivity contribution in [2.75, 3.05) is 16.9 Å². The van der Waals surface area contributed by atoms with E-state index in [1.807, 2.05) is 6.07 Å². The van der Waals surface area contributed by atoms with Gasteiger partial charge in [-0.1, -0.05) is 41.6 Å². The molecule has 0 aliphatic heterocycles. The molecule has 3 rings (SSSR count).